The molecule has 1 saturated heterocycles. The molecule has 0 unspecified atom stereocenters. The normalized spacial score (nSPS) is 27.0. The molecular formula is C38H47N5O9S2. The molecule has 2 saturated carbocycles. The van der Waals surface area contributed by atoms with Crippen LogP contribution >= 0.6 is 11.3 Å². The van der Waals surface area contributed by atoms with E-state index in [0.717, 1.165) is 17.7 Å². The number of thiazole rings is 1. The smallest absolute Gasteiger partial charge is 0.259 e. The fourth-order valence-corrected chi connectivity index (χ4v) is 9.54. The number of sulfonamides is 1. The number of pyridine rings is 1. The number of carbonyl (C=O) groups is 3. The van der Waals surface area contributed by atoms with E-state index in [-0.39, 0.29) is 31.9 Å². The summed E-state index contributed by atoms with van der Waals surface area (Å²) in [4.78, 5) is 53.2. The molecule has 3 amide bonds. The molecule has 5 atom stereocenters. The Morgan fingerprint density at radius 1 is 1.20 bits per heavy atom. The van der Waals surface area contributed by atoms with Crippen molar-refractivity contribution in [3.05, 3.63) is 47.0 Å². The van der Waals surface area contributed by atoms with E-state index in [1.165, 1.54) is 16.2 Å². The number of aromatic nitrogens is 2. The van der Waals surface area contributed by atoms with Crippen LogP contribution in [0.1, 0.15) is 76.0 Å². The second-order valence-electron chi connectivity index (χ2n) is 14.9. The van der Waals surface area contributed by atoms with E-state index in [0.29, 0.717) is 58.8 Å². The van der Waals surface area contributed by atoms with Crippen LogP contribution in [0.25, 0.3) is 21.6 Å². The minimum Gasteiger partial charge on any atom is -0.496 e. The van der Waals surface area contributed by atoms with Gasteiger partial charge in [-0.1, -0.05) is 26.0 Å². The zero-order valence-electron chi connectivity index (χ0n) is 30.9. The molecule has 4 heterocycles. The molecule has 3 fully saturated rings. The average Bonchev–Trinajstić information content (AvgIpc) is 4.02. The molecule has 3 N–H and O–H groups in total. The predicted molar refractivity (Wildman–Crippen MR) is 202 cm³/mol. The molecule has 16 heteroatoms. The Morgan fingerprint density at radius 3 is 2.70 bits per heavy atom. The molecular weight excluding hydrogens is 735 g/mol. The van der Waals surface area contributed by atoms with Crippen LogP contribution in [0, 0.1) is 12.8 Å². The number of ether oxygens (including phenoxy) is 3. The van der Waals surface area contributed by atoms with Gasteiger partial charge in [0.15, 0.2) is 6.10 Å². The van der Waals surface area contributed by atoms with Crippen molar-refractivity contribution in [1.29, 1.82) is 0 Å². The average molecular weight is 782 g/mol. The third-order valence-corrected chi connectivity index (χ3v) is 13.4. The summed E-state index contributed by atoms with van der Waals surface area (Å²) in [7, 11) is -2.29. The number of methoxy groups -OCH3 is 1. The van der Waals surface area contributed by atoms with Crippen molar-refractivity contribution < 1.29 is 42.1 Å². The summed E-state index contributed by atoms with van der Waals surface area (Å²) in [5.74, 6) is -1.06. The van der Waals surface area contributed by atoms with Crippen LogP contribution in [0.2, 0.25) is 0 Å². The third kappa shape index (κ3) is 7.57. The van der Waals surface area contributed by atoms with Crippen LogP contribution in [0.3, 0.4) is 0 Å². The van der Waals surface area contributed by atoms with Gasteiger partial charge in [-0.25, -0.2) is 18.4 Å². The molecule has 0 radical (unpaired) electrons. The number of amides is 3. The first kappa shape index (κ1) is 38.2. The topological polar surface area (TPSA) is 186 Å². The highest BCUT2D eigenvalue weighted by Crippen LogP contribution is 2.46. The Kier molecular flexibility index (Phi) is 10.7. The van der Waals surface area contributed by atoms with Gasteiger partial charge in [-0.3, -0.25) is 19.1 Å². The molecule has 4 aliphatic rings. The number of nitrogens with one attached hydrogen (secondary N) is 2. The van der Waals surface area contributed by atoms with Crippen molar-refractivity contribution in [1.82, 2.24) is 24.9 Å². The summed E-state index contributed by atoms with van der Waals surface area (Å²) in [6.45, 7) is 5.68. The standard InChI is InChI=1S/C38H47N5O9S2/c1-21(2)28-20-53-35(40-28)27-16-31(26-12-13-30(50-4)22(3)33(26)39-27)52-24-15-29-34(45)41-38(37(47)42-54(48,49)25-10-11-25)17-23(38)9-7-5-6-8-14-51-32(19-44)36(46)43(29)18-24/h7,9,12-13,16,20-21,23-25,29,32,44H,5-6,8,10-11,14-15,17-19H2,1-4H3,(H,41,45)(H,42,47)/b9-7-/t23-,24-,29+,32-,38-/m1/s1. The van der Waals surface area contributed by atoms with E-state index >= 15 is 0 Å². The maximum Gasteiger partial charge on any atom is 0.259 e. The molecule has 0 spiro atoms. The zero-order valence-corrected chi connectivity index (χ0v) is 32.5. The first-order valence-corrected chi connectivity index (χ1v) is 21.0. The summed E-state index contributed by atoms with van der Waals surface area (Å²) in [5, 5.41) is 15.9. The summed E-state index contributed by atoms with van der Waals surface area (Å²) in [6.07, 6.45) is 5.10. The van der Waals surface area contributed by atoms with Crippen molar-refractivity contribution >= 4 is 50.0 Å². The zero-order chi connectivity index (χ0) is 38.4. The van der Waals surface area contributed by atoms with Gasteiger partial charge < -0.3 is 29.5 Å². The van der Waals surface area contributed by atoms with Crippen molar-refractivity contribution in [3.63, 3.8) is 0 Å². The summed E-state index contributed by atoms with van der Waals surface area (Å²) < 4.78 is 46.0. The Balaban J connectivity index is 1.22. The lowest BCUT2D eigenvalue weighted by molar-refractivity contribution is -0.151. The van der Waals surface area contributed by atoms with Gasteiger partial charge in [-0.05, 0) is 63.5 Å². The molecule has 14 nitrogen and oxygen atoms in total. The highest BCUT2D eigenvalue weighted by molar-refractivity contribution is 7.91. The van der Waals surface area contributed by atoms with Gasteiger partial charge in [0.25, 0.3) is 11.8 Å². The largest absolute Gasteiger partial charge is 0.496 e. The Bertz CT molecular complexity index is 2080. The van der Waals surface area contributed by atoms with Gasteiger partial charge >= 0.3 is 0 Å². The SMILES string of the molecule is COc1ccc2c(O[C@@H]3C[C@H]4C(=O)N[C@]5(C(=O)NS(=O)(=O)C6CC6)C[C@H]5/C=C\CCCCO[C@H](CO)C(=O)N4C3)cc(-c3nc(C(C)C)cs3)nc2c1C. The number of carbonyl (C=O) groups excluding carboxylic acids is 3. The summed E-state index contributed by atoms with van der Waals surface area (Å²) in [6, 6.07) is 4.40. The Morgan fingerprint density at radius 2 is 2.00 bits per heavy atom. The summed E-state index contributed by atoms with van der Waals surface area (Å²) in [5.41, 5.74) is 1.51. The molecule has 2 aliphatic carbocycles. The van der Waals surface area contributed by atoms with E-state index in [2.05, 4.69) is 23.9 Å². The molecule has 7 rings (SSSR count). The quantitative estimate of drug-likeness (QED) is 0.269. The lowest BCUT2D eigenvalue weighted by Gasteiger charge is -2.28. The number of nitrogens with zero attached hydrogens (tertiary/aromatic N) is 3. The maximum absolute atomic E-state index is 14.3. The molecule has 2 aliphatic heterocycles. The molecule has 54 heavy (non-hydrogen) atoms. The van der Waals surface area contributed by atoms with Gasteiger partial charge in [-0.15, -0.1) is 11.3 Å². The number of benzene rings is 1. The van der Waals surface area contributed by atoms with Crippen molar-refractivity contribution in [2.24, 2.45) is 5.92 Å². The van der Waals surface area contributed by atoms with Crippen LogP contribution < -0.4 is 19.5 Å². The highest BCUT2D eigenvalue weighted by atomic mass is 32.2. The van der Waals surface area contributed by atoms with Crippen LogP contribution in [0.4, 0.5) is 0 Å². The minimum absolute atomic E-state index is 0.0155. The number of hydrogen-bond acceptors (Lipinski definition) is 12. The van der Waals surface area contributed by atoms with E-state index < -0.39 is 69.3 Å². The molecule has 0 bridgehead atoms. The van der Waals surface area contributed by atoms with E-state index in [9.17, 15) is 27.9 Å². The fraction of sp³-hybridized carbons (Fsp3) is 0.553. The number of aryl methyl sites for hydroxylation is 1. The van der Waals surface area contributed by atoms with Gasteiger partial charge in [0, 0.05) is 41.3 Å². The van der Waals surface area contributed by atoms with E-state index in [1.54, 1.807) is 7.11 Å². The van der Waals surface area contributed by atoms with Gasteiger partial charge in [0.05, 0.1) is 36.7 Å². The molecule has 1 aromatic carbocycles. The van der Waals surface area contributed by atoms with Crippen molar-refractivity contribution in [2.75, 3.05) is 26.9 Å². The minimum atomic E-state index is -3.88. The lowest BCUT2D eigenvalue weighted by atomic mass is 10.1. The van der Waals surface area contributed by atoms with E-state index in [1.807, 2.05) is 42.7 Å². The van der Waals surface area contributed by atoms with Crippen molar-refractivity contribution in [3.8, 4) is 22.2 Å². The highest BCUT2D eigenvalue weighted by Gasteiger charge is 2.62. The van der Waals surface area contributed by atoms with Crippen molar-refractivity contribution in [2.45, 2.75) is 101 Å². The van der Waals surface area contributed by atoms with Crippen LogP contribution in [0.15, 0.2) is 35.7 Å². The monoisotopic (exact) mass is 781 g/mol. The maximum atomic E-state index is 14.3. The molecule has 3 aromatic rings. The fourth-order valence-electron chi connectivity index (χ4n) is 7.24. The number of rotatable bonds is 9. The van der Waals surface area contributed by atoms with Crippen LogP contribution in [0.5, 0.6) is 11.5 Å². The first-order valence-electron chi connectivity index (χ1n) is 18.5. The second kappa shape index (κ2) is 15.2. The number of aliphatic hydroxyl groups excluding tert-OH is 1. The second-order valence-corrected chi connectivity index (χ2v) is 17.7. The predicted octanol–water partition coefficient (Wildman–Crippen LogP) is 3.75. The van der Waals surface area contributed by atoms with E-state index in [4.69, 9.17) is 24.2 Å². The first-order chi connectivity index (χ1) is 25.8. The Hall–Kier alpha value is -4.12. The van der Waals surface area contributed by atoms with Gasteiger partial charge in [-0.2, -0.15) is 0 Å². The van der Waals surface area contributed by atoms with Crippen LogP contribution in [-0.4, -0.2) is 102 Å². The molecule has 290 valence electrons. The number of fused-ring (bicyclic) bond motifs is 3. The Labute approximate surface area is 318 Å². The van der Waals surface area contributed by atoms with Gasteiger partial charge in [0.1, 0.15) is 39.9 Å². The van der Waals surface area contributed by atoms with Crippen LogP contribution in [-0.2, 0) is 29.1 Å². The number of allylic oxidation sites excluding steroid dienone is 1. The summed E-state index contributed by atoms with van der Waals surface area (Å²) >= 11 is 1.48. The lowest BCUT2D eigenvalue weighted by Crippen LogP contribution is -2.57. The number of hydrogen-bond donors (Lipinski definition) is 3. The molecule has 2 aromatic heterocycles. The van der Waals surface area contributed by atoms with Gasteiger partial charge in [0.2, 0.25) is 15.9 Å². The third-order valence-electron chi connectivity index (χ3n) is 10.7. The number of aliphatic hydroxyl groups is 1.